The standard InChI is InChI=1S/C28H32F3N5O2/c1-19-16-35(26-15-32-25-14-22(28(29,30)31)8-9-24(25)33-26)17-20(2)36(19)27(37)38-23-10-12-34(13-11-23)18-21-6-4-3-5-7-21/h3-9,14-15,19-20,23H,10-13,16-18H2,1-2H3/t19-,20+. The molecule has 0 aliphatic carbocycles. The van der Waals surface area contributed by atoms with Crippen molar-refractivity contribution in [3.63, 3.8) is 0 Å². The minimum atomic E-state index is -4.43. The lowest BCUT2D eigenvalue weighted by molar-refractivity contribution is -0.137. The minimum absolute atomic E-state index is 0.0973. The number of benzene rings is 2. The fourth-order valence-corrected chi connectivity index (χ4v) is 5.43. The summed E-state index contributed by atoms with van der Waals surface area (Å²) in [5, 5.41) is 0. The van der Waals surface area contributed by atoms with Crippen molar-refractivity contribution in [3.8, 4) is 0 Å². The van der Waals surface area contributed by atoms with E-state index in [1.54, 1.807) is 4.90 Å². The number of likely N-dealkylation sites (tertiary alicyclic amines) is 1. The number of amides is 1. The second-order valence-corrected chi connectivity index (χ2v) is 10.3. The van der Waals surface area contributed by atoms with E-state index in [1.165, 1.54) is 17.8 Å². The van der Waals surface area contributed by atoms with E-state index in [4.69, 9.17) is 4.74 Å². The summed E-state index contributed by atoms with van der Waals surface area (Å²) in [5.74, 6) is 0.578. The molecule has 3 heterocycles. The lowest BCUT2D eigenvalue weighted by Crippen LogP contribution is -2.59. The summed E-state index contributed by atoms with van der Waals surface area (Å²) < 4.78 is 45.0. The van der Waals surface area contributed by atoms with E-state index in [2.05, 4.69) is 27.0 Å². The molecule has 0 radical (unpaired) electrons. The lowest BCUT2D eigenvalue weighted by Gasteiger charge is -2.44. The third-order valence-corrected chi connectivity index (χ3v) is 7.36. The highest BCUT2D eigenvalue weighted by atomic mass is 19.4. The Morgan fingerprint density at radius 3 is 2.34 bits per heavy atom. The number of alkyl halides is 3. The maximum atomic E-state index is 13.1. The Hall–Kier alpha value is -3.40. The Morgan fingerprint density at radius 1 is 1.00 bits per heavy atom. The third-order valence-electron chi connectivity index (χ3n) is 7.36. The maximum Gasteiger partial charge on any atom is 0.416 e. The first-order valence-electron chi connectivity index (χ1n) is 13.0. The number of rotatable bonds is 4. The first kappa shape index (κ1) is 26.2. The number of halogens is 3. The summed E-state index contributed by atoms with van der Waals surface area (Å²) in [7, 11) is 0. The zero-order valence-corrected chi connectivity index (χ0v) is 21.6. The number of carbonyl (C=O) groups excluding carboxylic acids is 1. The van der Waals surface area contributed by atoms with Gasteiger partial charge in [-0.1, -0.05) is 30.3 Å². The molecule has 0 saturated carbocycles. The van der Waals surface area contributed by atoms with Gasteiger partial charge in [0.1, 0.15) is 11.9 Å². The number of hydrogen-bond donors (Lipinski definition) is 0. The van der Waals surface area contributed by atoms with Crippen molar-refractivity contribution in [1.82, 2.24) is 19.8 Å². The normalized spacial score (nSPS) is 21.6. The quantitative estimate of drug-likeness (QED) is 0.456. The third kappa shape index (κ3) is 5.85. The Balaban J connectivity index is 1.17. The average molecular weight is 528 g/mol. The van der Waals surface area contributed by atoms with E-state index in [0.29, 0.717) is 24.4 Å². The molecule has 0 spiro atoms. The van der Waals surface area contributed by atoms with Gasteiger partial charge in [-0.05, 0) is 50.5 Å². The first-order chi connectivity index (χ1) is 18.2. The van der Waals surface area contributed by atoms with Gasteiger partial charge in [0, 0.05) is 32.7 Å². The number of piperidine rings is 1. The monoisotopic (exact) mass is 527 g/mol. The number of piperazine rings is 1. The average Bonchev–Trinajstić information content (AvgIpc) is 2.89. The summed E-state index contributed by atoms with van der Waals surface area (Å²) in [4.78, 5) is 28.1. The largest absolute Gasteiger partial charge is 0.446 e. The van der Waals surface area contributed by atoms with Gasteiger partial charge in [-0.15, -0.1) is 0 Å². The van der Waals surface area contributed by atoms with Crippen molar-refractivity contribution in [2.45, 2.75) is 57.6 Å². The molecule has 2 atom stereocenters. The molecular weight excluding hydrogens is 495 g/mol. The van der Waals surface area contributed by atoms with Gasteiger partial charge in [0.25, 0.3) is 0 Å². The summed E-state index contributed by atoms with van der Waals surface area (Å²) in [6.45, 7) is 7.66. The summed E-state index contributed by atoms with van der Waals surface area (Å²) in [5.41, 5.74) is 1.13. The molecule has 10 heteroatoms. The Bertz CT molecular complexity index is 1250. The van der Waals surface area contributed by atoms with Crippen LogP contribution in [0.4, 0.5) is 23.8 Å². The maximum absolute atomic E-state index is 13.1. The fraction of sp³-hybridized carbons (Fsp3) is 0.464. The molecule has 3 aromatic rings. The van der Waals surface area contributed by atoms with Gasteiger partial charge in [-0.25, -0.2) is 9.78 Å². The Morgan fingerprint density at radius 2 is 1.68 bits per heavy atom. The van der Waals surface area contributed by atoms with Gasteiger partial charge in [-0.3, -0.25) is 14.8 Å². The van der Waals surface area contributed by atoms with Gasteiger partial charge < -0.3 is 9.64 Å². The molecule has 1 amide bonds. The molecule has 38 heavy (non-hydrogen) atoms. The molecule has 1 aromatic heterocycles. The van der Waals surface area contributed by atoms with Crippen molar-refractivity contribution in [2.75, 3.05) is 31.1 Å². The van der Waals surface area contributed by atoms with Crippen molar-refractivity contribution in [2.24, 2.45) is 0 Å². The van der Waals surface area contributed by atoms with E-state index in [-0.39, 0.29) is 29.8 Å². The smallest absolute Gasteiger partial charge is 0.416 e. The van der Waals surface area contributed by atoms with Crippen LogP contribution in [-0.4, -0.2) is 70.2 Å². The zero-order chi connectivity index (χ0) is 26.9. The number of nitrogens with zero attached hydrogens (tertiary/aromatic N) is 5. The second-order valence-electron chi connectivity index (χ2n) is 10.3. The number of carbonyl (C=O) groups is 1. The highest BCUT2D eigenvalue weighted by molar-refractivity contribution is 5.76. The highest BCUT2D eigenvalue weighted by Crippen LogP contribution is 2.31. The second kappa shape index (κ2) is 10.8. The molecule has 0 bridgehead atoms. The molecule has 2 saturated heterocycles. The van der Waals surface area contributed by atoms with Crippen LogP contribution >= 0.6 is 0 Å². The van der Waals surface area contributed by atoms with Crippen LogP contribution in [0, 0.1) is 0 Å². The molecule has 2 fully saturated rings. The van der Waals surface area contributed by atoms with Crippen LogP contribution in [0.1, 0.15) is 37.8 Å². The molecule has 0 N–H and O–H groups in total. The van der Waals surface area contributed by atoms with E-state index >= 15 is 0 Å². The number of ether oxygens (including phenoxy) is 1. The molecule has 7 nitrogen and oxygen atoms in total. The van der Waals surface area contributed by atoms with Gasteiger partial charge >= 0.3 is 12.3 Å². The molecule has 0 unspecified atom stereocenters. The van der Waals surface area contributed by atoms with Gasteiger partial charge in [0.05, 0.1) is 34.9 Å². The molecular formula is C28H32F3N5O2. The number of aromatic nitrogens is 2. The van der Waals surface area contributed by atoms with Crippen LogP contribution in [-0.2, 0) is 17.5 Å². The molecule has 2 aliphatic rings. The summed E-state index contributed by atoms with van der Waals surface area (Å²) >= 11 is 0. The van der Waals surface area contributed by atoms with E-state index in [1.807, 2.05) is 36.9 Å². The highest BCUT2D eigenvalue weighted by Gasteiger charge is 2.36. The topological polar surface area (TPSA) is 61.8 Å². The Labute approximate surface area is 220 Å². The Kier molecular flexibility index (Phi) is 7.43. The van der Waals surface area contributed by atoms with E-state index < -0.39 is 11.7 Å². The van der Waals surface area contributed by atoms with Crippen molar-refractivity contribution >= 4 is 22.9 Å². The lowest BCUT2D eigenvalue weighted by atomic mass is 10.1. The van der Waals surface area contributed by atoms with Crippen LogP contribution < -0.4 is 4.90 Å². The first-order valence-corrected chi connectivity index (χ1v) is 13.0. The molecule has 202 valence electrons. The number of hydrogen-bond acceptors (Lipinski definition) is 6. The van der Waals surface area contributed by atoms with Crippen LogP contribution in [0.5, 0.6) is 0 Å². The van der Waals surface area contributed by atoms with Crippen LogP contribution in [0.3, 0.4) is 0 Å². The van der Waals surface area contributed by atoms with Gasteiger partial charge in [-0.2, -0.15) is 13.2 Å². The molecule has 2 aromatic carbocycles. The van der Waals surface area contributed by atoms with E-state index in [0.717, 1.165) is 44.6 Å². The summed E-state index contributed by atoms with van der Waals surface area (Å²) in [6, 6.07) is 13.5. The van der Waals surface area contributed by atoms with Gasteiger partial charge in [0.2, 0.25) is 0 Å². The number of fused-ring (bicyclic) bond motifs is 1. The van der Waals surface area contributed by atoms with Gasteiger partial charge in [0.15, 0.2) is 0 Å². The van der Waals surface area contributed by atoms with Crippen molar-refractivity contribution < 1.29 is 22.7 Å². The molecule has 5 rings (SSSR count). The number of anilines is 1. The van der Waals surface area contributed by atoms with Crippen LogP contribution in [0.25, 0.3) is 11.0 Å². The van der Waals surface area contributed by atoms with Crippen molar-refractivity contribution in [1.29, 1.82) is 0 Å². The zero-order valence-electron chi connectivity index (χ0n) is 21.6. The predicted molar refractivity (Wildman–Crippen MR) is 139 cm³/mol. The fourth-order valence-electron chi connectivity index (χ4n) is 5.43. The van der Waals surface area contributed by atoms with E-state index in [9.17, 15) is 18.0 Å². The molecule has 2 aliphatic heterocycles. The minimum Gasteiger partial charge on any atom is -0.446 e. The predicted octanol–water partition coefficient (Wildman–Crippen LogP) is 5.35. The SMILES string of the molecule is C[C@@H]1CN(c2cnc3cc(C(F)(F)F)ccc3n2)C[C@H](C)N1C(=O)OC1CCN(Cc2ccccc2)CC1. The van der Waals surface area contributed by atoms with Crippen molar-refractivity contribution in [3.05, 3.63) is 65.9 Å². The van der Waals surface area contributed by atoms with Crippen LogP contribution in [0.2, 0.25) is 0 Å². The summed E-state index contributed by atoms with van der Waals surface area (Å²) in [6.07, 6.45) is -1.70. The van der Waals surface area contributed by atoms with Crippen LogP contribution in [0.15, 0.2) is 54.7 Å².